The molecule has 0 saturated carbocycles. The number of hydrogen-bond donors (Lipinski definition) is 4. The van der Waals surface area contributed by atoms with Crippen molar-refractivity contribution >= 4 is 35.2 Å². The second-order valence-electron chi connectivity index (χ2n) is 18.1. The first-order valence-corrected chi connectivity index (χ1v) is 22.4. The Bertz CT molecular complexity index is 1720. The number of nitrogens with one attached hydrogen (secondary N) is 3. The van der Waals surface area contributed by atoms with Crippen molar-refractivity contribution in [3.63, 3.8) is 0 Å². The van der Waals surface area contributed by atoms with Crippen LogP contribution in [0.1, 0.15) is 91.7 Å². The number of carbonyl (C=O) groups is 5. The summed E-state index contributed by atoms with van der Waals surface area (Å²) in [5.74, 6) is -1.91. The van der Waals surface area contributed by atoms with Gasteiger partial charge in [-0.15, -0.1) is 0 Å². The van der Waals surface area contributed by atoms with Gasteiger partial charge in [-0.2, -0.15) is 0 Å². The van der Waals surface area contributed by atoms with Gasteiger partial charge in [-0.05, 0) is 74.4 Å². The Labute approximate surface area is 371 Å². The van der Waals surface area contributed by atoms with E-state index in [4.69, 9.17) is 15.2 Å². The molecule has 5 amide bonds. The van der Waals surface area contributed by atoms with Gasteiger partial charge in [0.25, 0.3) is 0 Å². The highest BCUT2D eigenvalue weighted by atomic mass is 16.5. The van der Waals surface area contributed by atoms with Gasteiger partial charge in [0.1, 0.15) is 6.04 Å². The first-order chi connectivity index (χ1) is 29.3. The molecule has 62 heavy (non-hydrogen) atoms. The molecule has 9 atom stereocenters. The summed E-state index contributed by atoms with van der Waals surface area (Å²) in [7, 11) is 8.57. The van der Waals surface area contributed by atoms with E-state index in [1.807, 2.05) is 103 Å². The van der Waals surface area contributed by atoms with Crippen LogP contribution in [0, 0.1) is 23.7 Å². The number of nitrogens with zero attached hydrogens (tertiary/aromatic N) is 3. The number of nitrogens with two attached hydrogens (primary N) is 1. The molecule has 346 valence electrons. The molecule has 2 aromatic carbocycles. The summed E-state index contributed by atoms with van der Waals surface area (Å²) in [4.78, 5) is 74.9. The van der Waals surface area contributed by atoms with Crippen molar-refractivity contribution in [3.05, 3.63) is 65.7 Å². The number of likely N-dealkylation sites (N-methyl/N-ethyl adjacent to an activating group) is 2. The van der Waals surface area contributed by atoms with Crippen LogP contribution >= 0.6 is 0 Å². The molecule has 14 heteroatoms. The number of amides is 5. The first kappa shape index (κ1) is 51.8. The summed E-state index contributed by atoms with van der Waals surface area (Å²) in [5, 5.41) is 9.15. The Morgan fingerprint density at radius 3 is 2.02 bits per heavy atom. The molecule has 14 nitrogen and oxygen atoms in total. The molecule has 3 rings (SSSR count). The summed E-state index contributed by atoms with van der Waals surface area (Å²) >= 11 is 0. The molecule has 2 aromatic rings. The number of benzene rings is 2. The van der Waals surface area contributed by atoms with Crippen LogP contribution in [-0.2, 0) is 46.4 Å². The van der Waals surface area contributed by atoms with Crippen molar-refractivity contribution in [1.29, 1.82) is 0 Å². The molecule has 0 bridgehead atoms. The molecular formula is C48H77N7O7. The predicted octanol–water partition coefficient (Wildman–Crippen LogP) is 4.65. The Hall–Kier alpha value is -4.53. The largest absolute Gasteiger partial charge is 0.399 e. The van der Waals surface area contributed by atoms with E-state index in [9.17, 15) is 24.0 Å². The van der Waals surface area contributed by atoms with Gasteiger partial charge >= 0.3 is 0 Å². The minimum absolute atomic E-state index is 0.00994. The van der Waals surface area contributed by atoms with Gasteiger partial charge in [-0.3, -0.25) is 28.9 Å². The normalized spacial score (nSPS) is 18.0. The zero-order valence-electron chi connectivity index (χ0n) is 39.5. The maximum atomic E-state index is 14.4. The van der Waals surface area contributed by atoms with E-state index in [0.29, 0.717) is 31.6 Å². The molecule has 0 aliphatic carbocycles. The molecule has 1 aliphatic rings. The molecular weight excluding hydrogens is 787 g/mol. The third-order valence-electron chi connectivity index (χ3n) is 12.5. The number of likely N-dealkylation sites (tertiary alicyclic amines) is 1. The maximum absolute atomic E-state index is 14.4. The Kier molecular flexibility index (Phi) is 20.8. The number of nitrogen functional groups attached to an aromatic ring is 1. The zero-order chi connectivity index (χ0) is 46.3. The van der Waals surface area contributed by atoms with Crippen molar-refractivity contribution in [1.82, 2.24) is 30.7 Å². The van der Waals surface area contributed by atoms with Crippen LogP contribution in [0.4, 0.5) is 5.69 Å². The standard InChI is InChI=1S/C48H77N7O7/c1-13-32(6)44(54(10)48(60)42(30(2)3)52-47(59)43(31(4)5)53(8)9)39(61-11)28-41(57)55-25-17-20-38(55)45(62-12)33(7)46(58)51-37(26-34-18-15-14-16-19-34)27-40(56)50-29-35-21-23-36(49)24-22-35/h14-16,18-19,21-24,30-33,37-39,42-45H,13,17,20,25-29,49H2,1-12H3,(H,50,56)(H,51,58)(H,52,59)/t32-,33+,37-,38-,39?,42-,43-,44-,45+/m0/s1. The molecule has 0 aromatic heterocycles. The van der Waals surface area contributed by atoms with Crippen molar-refractivity contribution in [2.75, 3.05) is 47.6 Å². The third-order valence-corrected chi connectivity index (χ3v) is 12.5. The first-order valence-electron chi connectivity index (χ1n) is 22.4. The smallest absolute Gasteiger partial charge is 0.245 e. The average Bonchev–Trinajstić information content (AvgIpc) is 3.71. The lowest BCUT2D eigenvalue weighted by molar-refractivity contribution is -0.148. The highest BCUT2D eigenvalue weighted by molar-refractivity contribution is 5.90. The second kappa shape index (κ2) is 24.9. The minimum atomic E-state index is -0.775. The molecule has 0 spiro atoms. The van der Waals surface area contributed by atoms with Gasteiger partial charge < -0.3 is 41.0 Å². The lowest BCUT2D eigenvalue weighted by Gasteiger charge is -2.41. The maximum Gasteiger partial charge on any atom is 0.245 e. The van der Waals surface area contributed by atoms with Crippen LogP contribution < -0.4 is 21.7 Å². The number of rotatable bonds is 24. The fourth-order valence-corrected chi connectivity index (χ4v) is 8.95. The number of carbonyl (C=O) groups excluding carboxylic acids is 5. The average molecular weight is 864 g/mol. The zero-order valence-corrected chi connectivity index (χ0v) is 39.5. The van der Waals surface area contributed by atoms with E-state index < -0.39 is 42.3 Å². The van der Waals surface area contributed by atoms with Crippen molar-refractivity contribution < 1.29 is 33.4 Å². The van der Waals surface area contributed by atoms with Crippen LogP contribution in [-0.4, -0.2) is 129 Å². The summed E-state index contributed by atoms with van der Waals surface area (Å²) in [6.45, 7) is 14.5. The molecule has 1 aliphatic heterocycles. The van der Waals surface area contributed by atoms with E-state index >= 15 is 0 Å². The van der Waals surface area contributed by atoms with E-state index in [1.54, 1.807) is 50.1 Å². The molecule has 1 saturated heterocycles. The third kappa shape index (κ3) is 14.5. The van der Waals surface area contributed by atoms with Gasteiger partial charge in [0.2, 0.25) is 29.5 Å². The molecule has 1 heterocycles. The van der Waals surface area contributed by atoms with E-state index in [2.05, 4.69) is 16.0 Å². The highest BCUT2D eigenvalue weighted by Crippen LogP contribution is 2.30. The van der Waals surface area contributed by atoms with Crippen LogP contribution in [0.2, 0.25) is 0 Å². The minimum Gasteiger partial charge on any atom is -0.399 e. The van der Waals surface area contributed by atoms with Crippen LogP contribution in [0.15, 0.2) is 54.6 Å². The predicted molar refractivity (Wildman–Crippen MR) is 245 cm³/mol. The fraction of sp³-hybridized carbons (Fsp3) is 0.646. The molecule has 5 N–H and O–H groups in total. The van der Waals surface area contributed by atoms with Crippen LogP contribution in [0.5, 0.6) is 0 Å². The molecule has 1 unspecified atom stereocenters. The van der Waals surface area contributed by atoms with Gasteiger partial charge in [0.15, 0.2) is 0 Å². The number of hydrogen-bond acceptors (Lipinski definition) is 9. The quantitative estimate of drug-likeness (QED) is 0.110. The topological polar surface area (TPSA) is 176 Å². The molecule has 0 radical (unpaired) electrons. The lowest BCUT2D eigenvalue weighted by atomic mass is 9.89. The van der Waals surface area contributed by atoms with Crippen molar-refractivity contribution in [3.8, 4) is 0 Å². The van der Waals surface area contributed by atoms with Crippen molar-refractivity contribution in [2.24, 2.45) is 23.7 Å². The molecule has 1 fully saturated rings. The van der Waals surface area contributed by atoms with Crippen LogP contribution in [0.3, 0.4) is 0 Å². The monoisotopic (exact) mass is 864 g/mol. The van der Waals surface area contributed by atoms with Crippen LogP contribution in [0.25, 0.3) is 0 Å². The van der Waals surface area contributed by atoms with Gasteiger partial charge in [0, 0.05) is 52.5 Å². The van der Waals surface area contributed by atoms with Gasteiger partial charge in [-0.1, -0.05) is 97.4 Å². The number of ether oxygens (including phenoxy) is 2. The van der Waals surface area contributed by atoms with Gasteiger partial charge in [0.05, 0.1) is 42.7 Å². The Morgan fingerprint density at radius 1 is 0.823 bits per heavy atom. The second-order valence-corrected chi connectivity index (χ2v) is 18.1. The van der Waals surface area contributed by atoms with Crippen molar-refractivity contribution in [2.45, 2.75) is 136 Å². The summed E-state index contributed by atoms with van der Waals surface area (Å²) in [5.41, 5.74) is 8.36. The summed E-state index contributed by atoms with van der Waals surface area (Å²) in [6, 6.07) is 14.5. The highest BCUT2D eigenvalue weighted by Gasteiger charge is 2.43. The number of anilines is 1. The van der Waals surface area contributed by atoms with E-state index in [-0.39, 0.29) is 66.2 Å². The van der Waals surface area contributed by atoms with E-state index in [0.717, 1.165) is 24.0 Å². The summed E-state index contributed by atoms with van der Waals surface area (Å²) < 4.78 is 12.1. The SMILES string of the molecule is CC[C@H](C)[C@@H](C(CC(=O)N1CCC[C@H]1[C@H](OC)[C@@H](C)C(=O)N[C@H](CC(=O)NCc1ccc(N)cc1)Cc1ccccc1)OC)N(C)C(=O)[C@@H](NC(=O)[C@H](C(C)C)N(C)C)C(C)C. The lowest BCUT2D eigenvalue weighted by Crippen LogP contribution is -2.59. The Morgan fingerprint density at radius 2 is 1.47 bits per heavy atom. The number of methoxy groups -OCH3 is 2. The van der Waals surface area contributed by atoms with E-state index in [1.165, 1.54) is 0 Å². The Balaban J connectivity index is 1.77. The summed E-state index contributed by atoms with van der Waals surface area (Å²) in [6.07, 6.45) is 1.37. The van der Waals surface area contributed by atoms with Gasteiger partial charge in [-0.25, -0.2) is 0 Å². The fourth-order valence-electron chi connectivity index (χ4n) is 8.95.